The molecule has 0 aromatic heterocycles. The van der Waals surface area contributed by atoms with Gasteiger partial charge < -0.3 is 14.4 Å². The SMILES string of the molecule is O=[C]OCCN1CCN(C(=O)OCc2ccccc2)CC1. The third kappa shape index (κ3) is 5.07. The Labute approximate surface area is 124 Å². The van der Waals surface area contributed by atoms with Gasteiger partial charge in [0.1, 0.15) is 13.2 Å². The van der Waals surface area contributed by atoms with Crippen LogP contribution in [0.2, 0.25) is 0 Å². The van der Waals surface area contributed by atoms with Crippen LogP contribution in [0.4, 0.5) is 4.79 Å². The number of amides is 1. The van der Waals surface area contributed by atoms with Gasteiger partial charge in [-0.1, -0.05) is 30.3 Å². The summed E-state index contributed by atoms with van der Waals surface area (Å²) in [4.78, 5) is 25.7. The van der Waals surface area contributed by atoms with Crippen LogP contribution in [0, 0.1) is 0 Å². The summed E-state index contributed by atoms with van der Waals surface area (Å²) in [6, 6.07) is 9.61. The van der Waals surface area contributed by atoms with Crippen molar-refractivity contribution in [3.63, 3.8) is 0 Å². The van der Waals surface area contributed by atoms with Crippen molar-refractivity contribution in [1.29, 1.82) is 0 Å². The van der Waals surface area contributed by atoms with Gasteiger partial charge in [0, 0.05) is 32.7 Å². The van der Waals surface area contributed by atoms with Crippen LogP contribution in [0.5, 0.6) is 0 Å². The number of nitrogens with zero attached hydrogens (tertiary/aromatic N) is 2. The molecule has 1 heterocycles. The summed E-state index contributed by atoms with van der Waals surface area (Å²) in [5.41, 5.74) is 0.978. The molecule has 0 saturated carbocycles. The molecule has 0 unspecified atom stereocenters. The van der Waals surface area contributed by atoms with Crippen LogP contribution in [0.1, 0.15) is 5.56 Å². The lowest BCUT2D eigenvalue weighted by Crippen LogP contribution is -2.49. The third-order valence-corrected chi connectivity index (χ3v) is 3.40. The van der Waals surface area contributed by atoms with E-state index < -0.39 is 0 Å². The minimum Gasteiger partial charge on any atom is -0.456 e. The second-order valence-corrected chi connectivity index (χ2v) is 4.80. The van der Waals surface area contributed by atoms with Crippen LogP contribution in [-0.4, -0.2) is 61.7 Å². The highest BCUT2D eigenvalue weighted by molar-refractivity contribution is 5.67. The molecule has 1 radical (unpaired) electrons. The van der Waals surface area contributed by atoms with E-state index in [0.717, 1.165) is 18.7 Å². The first-order valence-corrected chi connectivity index (χ1v) is 6.96. The first-order valence-electron chi connectivity index (χ1n) is 6.96. The molecule has 0 spiro atoms. The highest BCUT2D eigenvalue weighted by Gasteiger charge is 2.21. The zero-order valence-corrected chi connectivity index (χ0v) is 11.9. The predicted molar refractivity (Wildman–Crippen MR) is 76.3 cm³/mol. The minimum absolute atomic E-state index is 0.282. The molecule has 2 rings (SSSR count). The normalized spacial score (nSPS) is 15.5. The molecule has 0 aliphatic carbocycles. The minimum atomic E-state index is -0.282. The largest absolute Gasteiger partial charge is 0.456 e. The maximum Gasteiger partial charge on any atom is 0.417 e. The number of carbonyl (C=O) groups excluding carboxylic acids is 2. The van der Waals surface area contributed by atoms with Crippen LogP contribution in [0.3, 0.4) is 0 Å². The summed E-state index contributed by atoms with van der Waals surface area (Å²) < 4.78 is 9.84. The molecule has 6 nitrogen and oxygen atoms in total. The molecule has 1 fully saturated rings. The van der Waals surface area contributed by atoms with Gasteiger partial charge in [0.25, 0.3) is 0 Å². The fourth-order valence-corrected chi connectivity index (χ4v) is 2.18. The first kappa shape index (κ1) is 15.3. The van der Waals surface area contributed by atoms with Gasteiger partial charge in [-0.05, 0) is 5.56 Å². The average molecular weight is 291 g/mol. The second-order valence-electron chi connectivity index (χ2n) is 4.80. The molecule has 0 N–H and O–H groups in total. The molecule has 1 saturated heterocycles. The van der Waals surface area contributed by atoms with Crippen molar-refractivity contribution in [1.82, 2.24) is 9.80 Å². The van der Waals surface area contributed by atoms with Crippen molar-refractivity contribution < 1.29 is 19.1 Å². The fraction of sp³-hybridized carbons (Fsp3) is 0.467. The molecule has 1 amide bonds. The molecule has 1 aliphatic rings. The van der Waals surface area contributed by atoms with E-state index in [4.69, 9.17) is 4.74 Å². The highest BCUT2D eigenvalue weighted by Crippen LogP contribution is 2.06. The summed E-state index contributed by atoms with van der Waals surface area (Å²) in [6.45, 7) is 5.46. The summed E-state index contributed by atoms with van der Waals surface area (Å²) in [6.07, 6.45) is -0.282. The number of piperazine rings is 1. The smallest absolute Gasteiger partial charge is 0.417 e. The Morgan fingerprint density at radius 2 is 1.86 bits per heavy atom. The summed E-state index contributed by atoms with van der Waals surface area (Å²) >= 11 is 0. The number of carbonyl (C=O) groups is 1. The molecule has 1 aliphatic heterocycles. The second kappa shape index (κ2) is 8.26. The molecular formula is C15H19N2O4. The number of rotatable bonds is 6. The third-order valence-electron chi connectivity index (χ3n) is 3.40. The number of hydrogen-bond acceptors (Lipinski definition) is 5. The van der Waals surface area contributed by atoms with Crippen molar-refractivity contribution in [2.24, 2.45) is 0 Å². The van der Waals surface area contributed by atoms with Gasteiger partial charge in [0.15, 0.2) is 0 Å². The van der Waals surface area contributed by atoms with E-state index in [1.165, 1.54) is 6.47 Å². The Morgan fingerprint density at radius 3 is 2.52 bits per heavy atom. The van der Waals surface area contributed by atoms with Gasteiger partial charge in [-0.25, -0.2) is 9.59 Å². The fourth-order valence-electron chi connectivity index (χ4n) is 2.18. The molecule has 21 heavy (non-hydrogen) atoms. The molecule has 6 heteroatoms. The lowest BCUT2D eigenvalue weighted by molar-refractivity contribution is 0.0678. The predicted octanol–water partition coefficient (Wildman–Crippen LogP) is 1.02. The quantitative estimate of drug-likeness (QED) is 0.733. The summed E-state index contributed by atoms with van der Waals surface area (Å²) in [5.74, 6) is 0. The van der Waals surface area contributed by atoms with Crippen molar-refractivity contribution in [2.75, 3.05) is 39.3 Å². The van der Waals surface area contributed by atoms with Crippen molar-refractivity contribution >= 4 is 12.6 Å². The Bertz CT molecular complexity index is 444. The van der Waals surface area contributed by atoms with Crippen LogP contribution >= 0.6 is 0 Å². The van der Waals surface area contributed by atoms with Crippen molar-refractivity contribution in [3.8, 4) is 0 Å². The number of benzene rings is 1. The van der Waals surface area contributed by atoms with E-state index in [9.17, 15) is 9.59 Å². The summed E-state index contributed by atoms with van der Waals surface area (Å²) in [7, 11) is 0. The van der Waals surface area contributed by atoms with Crippen LogP contribution < -0.4 is 0 Å². The molecule has 0 bridgehead atoms. The van der Waals surface area contributed by atoms with E-state index in [1.54, 1.807) is 4.90 Å². The topological polar surface area (TPSA) is 59.1 Å². The molecule has 0 atom stereocenters. The molecule has 1 aromatic rings. The lowest BCUT2D eigenvalue weighted by Gasteiger charge is -2.33. The highest BCUT2D eigenvalue weighted by atomic mass is 16.6. The van der Waals surface area contributed by atoms with Gasteiger partial charge in [-0.15, -0.1) is 0 Å². The maximum absolute atomic E-state index is 11.9. The van der Waals surface area contributed by atoms with E-state index in [-0.39, 0.29) is 6.09 Å². The van der Waals surface area contributed by atoms with Gasteiger partial charge >= 0.3 is 12.6 Å². The Kier molecular flexibility index (Phi) is 6.02. The lowest BCUT2D eigenvalue weighted by atomic mass is 10.2. The van der Waals surface area contributed by atoms with E-state index in [0.29, 0.717) is 32.8 Å². The van der Waals surface area contributed by atoms with Crippen molar-refractivity contribution in [3.05, 3.63) is 35.9 Å². The Balaban J connectivity index is 1.67. The number of ether oxygens (including phenoxy) is 2. The van der Waals surface area contributed by atoms with Gasteiger partial charge in [0.2, 0.25) is 0 Å². The van der Waals surface area contributed by atoms with E-state index in [1.807, 2.05) is 30.3 Å². The molecular weight excluding hydrogens is 272 g/mol. The van der Waals surface area contributed by atoms with Gasteiger partial charge in [-0.3, -0.25) is 4.90 Å². The van der Waals surface area contributed by atoms with Crippen LogP contribution in [0.25, 0.3) is 0 Å². The van der Waals surface area contributed by atoms with E-state index in [2.05, 4.69) is 9.64 Å². The molecule has 1 aromatic carbocycles. The maximum atomic E-state index is 11.9. The van der Waals surface area contributed by atoms with Crippen LogP contribution in [-0.2, 0) is 20.9 Å². The van der Waals surface area contributed by atoms with E-state index >= 15 is 0 Å². The standard InChI is InChI=1S/C15H19N2O4/c18-13-20-11-10-16-6-8-17(9-7-16)15(19)21-12-14-4-2-1-3-5-14/h1-5H,6-12H2. The number of hydrogen-bond donors (Lipinski definition) is 0. The zero-order valence-electron chi connectivity index (χ0n) is 11.9. The zero-order chi connectivity index (χ0) is 14.9. The monoisotopic (exact) mass is 291 g/mol. The van der Waals surface area contributed by atoms with Crippen molar-refractivity contribution in [2.45, 2.75) is 6.61 Å². The first-order chi connectivity index (χ1) is 10.3. The van der Waals surface area contributed by atoms with Gasteiger partial charge in [0.05, 0.1) is 0 Å². The Morgan fingerprint density at radius 1 is 1.14 bits per heavy atom. The average Bonchev–Trinajstić information content (AvgIpc) is 2.54. The van der Waals surface area contributed by atoms with Gasteiger partial charge in [-0.2, -0.15) is 0 Å². The Hall–Kier alpha value is -2.08. The van der Waals surface area contributed by atoms with Crippen LogP contribution in [0.15, 0.2) is 30.3 Å². The summed E-state index contributed by atoms with van der Waals surface area (Å²) in [5, 5.41) is 0. The molecule has 113 valence electrons.